The minimum atomic E-state index is -0.0546. The van der Waals surface area contributed by atoms with Gasteiger partial charge in [0.05, 0.1) is 11.6 Å². The fourth-order valence-corrected chi connectivity index (χ4v) is 7.10. The van der Waals surface area contributed by atoms with Crippen LogP contribution in [0.25, 0.3) is 38.4 Å². The Kier molecular flexibility index (Phi) is 3.75. The van der Waals surface area contributed by atoms with Crippen LogP contribution in [-0.4, -0.2) is 4.57 Å². The maximum atomic E-state index is 14.1. The van der Waals surface area contributed by atoms with Gasteiger partial charge in [-0.2, -0.15) is 0 Å². The summed E-state index contributed by atoms with van der Waals surface area (Å²) in [7, 11) is 0. The molecule has 8 rings (SSSR count). The zero-order valence-electron chi connectivity index (χ0n) is 20.3. The second-order valence-electron chi connectivity index (χ2n) is 10.9. The lowest BCUT2D eigenvalue weighted by Gasteiger charge is -2.28. The van der Waals surface area contributed by atoms with Crippen LogP contribution in [-0.2, 0) is 5.41 Å². The molecule has 36 heavy (non-hydrogen) atoms. The molecule has 0 saturated carbocycles. The third kappa shape index (κ3) is 2.34. The van der Waals surface area contributed by atoms with Crippen LogP contribution in [0, 0.1) is 0 Å². The van der Waals surface area contributed by atoms with Crippen molar-refractivity contribution in [3.8, 4) is 11.1 Å². The summed E-state index contributed by atoms with van der Waals surface area (Å²) in [5.41, 5.74) is 10.1. The van der Waals surface area contributed by atoms with Gasteiger partial charge in [-0.05, 0) is 50.4 Å². The molecule has 4 aromatic carbocycles. The van der Waals surface area contributed by atoms with Crippen molar-refractivity contribution in [2.45, 2.75) is 31.2 Å². The number of fused-ring (bicyclic) bond motifs is 8. The second-order valence-corrected chi connectivity index (χ2v) is 10.9. The van der Waals surface area contributed by atoms with Crippen molar-refractivity contribution in [3.05, 3.63) is 136 Å². The van der Waals surface area contributed by atoms with Crippen molar-refractivity contribution in [2.75, 3.05) is 0 Å². The van der Waals surface area contributed by atoms with Gasteiger partial charge < -0.3 is 0 Å². The number of nitrogens with zero attached hydrogens (tertiary/aromatic N) is 1. The highest BCUT2D eigenvalue weighted by atomic mass is 16.1. The number of allylic oxidation sites excluding steroid dienone is 4. The van der Waals surface area contributed by atoms with E-state index in [2.05, 4.69) is 103 Å². The van der Waals surface area contributed by atoms with Gasteiger partial charge in [0, 0.05) is 22.1 Å². The molecule has 0 N–H and O–H groups in total. The normalized spacial score (nSPS) is 20.6. The van der Waals surface area contributed by atoms with Crippen molar-refractivity contribution in [1.29, 1.82) is 0 Å². The number of hydrogen-bond donors (Lipinski definition) is 0. The van der Waals surface area contributed by atoms with Gasteiger partial charge in [0.1, 0.15) is 0 Å². The van der Waals surface area contributed by atoms with Crippen LogP contribution in [0.4, 0.5) is 0 Å². The molecule has 0 amide bonds. The largest absolute Gasteiger partial charge is 0.300 e. The van der Waals surface area contributed by atoms with Gasteiger partial charge in [0.25, 0.3) is 5.56 Å². The highest BCUT2D eigenvalue weighted by Gasteiger charge is 2.44. The molecule has 0 saturated heterocycles. The fraction of sp³-hybridized carbons (Fsp3) is 0.147. The quantitative estimate of drug-likeness (QED) is 0.233. The Hall–Kier alpha value is -4.17. The van der Waals surface area contributed by atoms with E-state index in [4.69, 9.17) is 0 Å². The summed E-state index contributed by atoms with van der Waals surface area (Å²) < 4.78 is 2.10. The summed E-state index contributed by atoms with van der Waals surface area (Å²) in [6.45, 7) is 4.66. The SMILES string of the molecule is CC1(C)C2=CC3c4ccc(-c5ccccc5)c5c6ccccc6c(=O)n(c45)C3C=C2c2ccccc21. The van der Waals surface area contributed by atoms with Gasteiger partial charge in [-0.3, -0.25) is 9.36 Å². The van der Waals surface area contributed by atoms with Gasteiger partial charge >= 0.3 is 0 Å². The zero-order valence-corrected chi connectivity index (χ0v) is 20.3. The molecule has 172 valence electrons. The molecule has 1 aromatic heterocycles. The lowest BCUT2D eigenvalue weighted by atomic mass is 9.76. The lowest BCUT2D eigenvalue weighted by molar-refractivity contribution is 0.571. The number of benzene rings is 4. The molecule has 2 unspecified atom stereocenters. The minimum absolute atomic E-state index is 0.0219. The first-order valence-corrected chi connectivity index (χ1v) is 12.8. The Labute approximate surface area is 209 Å². The predicted octanol–water partition coefficient (Wildman–Crippen LogP) is 7.77. The standard InChI is InChI=1S/C34H25NO/c1-34(2)28-15-9-8-12-22(28)26-19-30-27(18-29(26)34)24-17-16-21(20-10-4-3-5-11-20)31-23-13-6-7-14-25(23)33(36)35(30)32(24)31/h3-19,27,30H,1-2H3. The fourth-order valence-electron chi connectivity index (χ4n) is 7.10. The first kappa shape index (κ1) is 20.1. The third-order valence-corrected chi connectivity index (χ3v) is 8.74. The summed E-state index contributed by atoms with van der Waals surface area (Å²) in [4.78, 5) is 14.1. The number of aromatic nitrogens is 1. The Morgan fingerprint density at radius 1 is 0.722 bits per heavy atom. The second kappa shape index (κ2) is 6.73. The number of hydrogen-bond acceptors (Lipinski definition) is 1. The molecule has 0 radical (unpaired) electrons. The molecule has 2 nitrogen and oxygen atoms in total. The van der Waals surface area contributed by atoms with Gasteiger partial charge in [-0.15, -0.1) is 0 Å². The maximum absolute atomic E-state index is 14.1. The van der Waals surface area contributed by atoms with Crippen LogP contribution in [0.3, 0.4) is 0 Å². The third-order valence-electron chi connectivity index (χ3n) is 8.74. The topological polar surface area (TPSA) is 22.0 Å². The van der Waals surface area contributed by atoms with Crippen molar-refractivity contribution < 1.29 is 0 Å². The molecule has 5 aromatic rings. The molecule has 2 heteroatoms. The summed E-state index contributed by atoms with van der Waals surface area (Å²) in [5, 5.41) is 3.02. The van der Waals surface area contributed by atoms with Gasteiger partial charge in [-0.25, -0.2) is 0 Å². The van der Waals surface area contributed by atoms with E-state index < -0.39 is 0 Å². The number of rotatable bonds is 1. The summed E-state index contributed by atoms with van der Waals surface area (Å²) in [6.07, 6.45) is 4.85. The van der Waals surface area contributed by atoms with Crippen LogP contribution in [0.15, 0.2) is 114 Å². The average molecular weight is 464 g/mol. The van der Waals surface area contributed by atoms with Gasteiger partial charge in [-0.1, -0.05) is 111 Å². The van der Waals surface area contributed by atoms with Crippen molar-refractivity contribution in [3.63, 3.8) is 0 Å². The van der Waals surface area contributed by atoms with Crippen LogP contribution in [0.5, 0.6) is 0 Å². The molecular formula is C34H25NO. The van der Waals surface area contributed by atoms with E-state index >= 15 is 0 Å². The Bertz CT molecular complexity index is 1880. The Morgan fingerprint density at radius 2 is 1.44 bits per heavy atom. The average Bonchev–Trinajstić information content (AvgIpc) is 3.36. The number of pyridine rings is 1. The summed E-state index contributed by atoms with van der Waals surface area (Å²) in [5.74, 6) is 0.147. The molecule has 2 aliphatic carbocycles. The smallest absolute Gasteiger partial charge is 0.259 e. The zero-order chi connectivity index (χ0) is 24.2. The van der Waals surface area contributed by atoms with E-state index in [1.807, 2.05) is 18.2 Å². The van der Waals surface area contributed by atoms with Crippen molar-refractivity contribution >= 4 is 27.2 Å². The van der Waals surface area contributed by atoms with Crippen LogP contribution < -0.4 is 5.56 Å². The van der Waals surface area contributed by atoms with E-state index in [0.717, 1.165) is 16.3 Å². The Morgan fingerprint density at radius 3 is 2.28 bits per heavy atom. The van der Waals surface area contributed by atoms with Crippen molar-refractivity contribution in [2.24, 2.45) is 0 Å². The Balaban J connectivity index is 1.50. The van der Waals surface area contributed by atoms with Gasteiger partial charge in [0.15, 0.2) is 0 Å². The first-order valence-electron chi connectivity index (χ1n) is 12.8. The minimum Gasteiger partial charge on any atom is -0.300 e. The molecule has 0 fully saturated rings. The summed E-state index contributed by atoms with van der Waals surface area (Å²) >= 11 is 0. The summed E-state index contributed by atoms with van der Waals surface area (Å²) in [6, 6.07) is 31.9. The lowest BCUT2D eigenvalue weighted by Crippen LogP contribution is -2.25. The molecule has 2 heterocycles. The van der Waals surface area contributed by atoms with E-state index in [1.54, 1.807) is 0 Å². The van der Waals surface area contributed by atoms with E-state index in [-0.39, 0.29) is 22.9 Å². The highest BCUT2D eigenvalue weighted by molar-refractivity contribution is 6.14. The van der Waals surface area contributed by atoms with Crippen molar-refractivity contribution in [1.82, 2.24) is 4.57 Å². The van der Waals surface area contributed by atoms with E-state index in [1.165, 1.54) is 44.3 Å². The van der Waals surface area contributed by atoms with Gasteiger partial charge in [0.2, 0.25) is 0 Å². The monoisotopic (exact) mass is 463 g/mol. The van der Waals surface area contributed by atoms with E-state index in [9.17, 15) is 4.79 Å². The first-order chi connectivity index (χ1) is 17.6. The van der Waals surface area contributed by atoms with E-state index in [0.29, 0.717) is 0 Å². The predicted molar refractivity (Wildman–Crippen MR) is 148 cm³/mol. The maximum Gasteiger partial charge on any atom is 0.259 e. The van der Waals surface area contributed by atoms with Crippen LogP contribution >= 0.6 is 0 Å². The molecule has 1 aliphatic heterocycles. The molecule has 2 atom stereocenters. The molecule has 0 spiro atoms. The van der Waals surface area contributed by atoms with Crippen LogP contribution in [0.1, 0.15) is 42.5 Å². The molecule has 0 bridgehead atoms. The molecule has 3 aliphatic rings. The highest BCUT2D eigenvalue weighted by Crippen LogP contribution is 2.57. The van der Waals surface area contributed by atoms with Crippen LogP contribution in [0.2, 0.25) is 0 Å². The molecular weight excluding hydrogens is 438 g/mol.